The summed E-state index contributed by atoms with van der Waals surface area (Å²) in [7, 11) is 4.17. The lowest BCUT2D eigenvalue weighted by Gasteiger charge is -2.38. The Morgan fingerprint density at radius 3 is 2.04 bits per heavy atom. The van der Waals surface area contributed by atoms with E-state index in [2.05, 4.69) is 0 Å². The van der Waals surface area contributed by atoms with Crippen molar-refractivity contribution in [1.82, 2.24) is 9.80 Å². The third-order valence-electron chi connectivity index (χ3n) is 4.82. The van der Waals surface area contributed by atoms with Crippen LogP contribution in [0.25, 0.3) is 0 Å². The molecule has 8 heteroatoms. The SMILES string of the molecule is CCOC(=O)[C@H](C)[C@@H](c1ccc(OC)cc1)C1C(=O)N(C)C(=O)N(C)C1=O. The van der Waals surface area contributed by atoms with Crippen LogP contribution in [-0.2, 0) is 19.1 Å². The number of methoxy groups -OCH3 is 1. The Morgan fingerprint density at radius 1 is 1.07 bits per heavy atom. The lowest BCUT2D eigenvalue weighted by atomic mass is 9.75. The highest BCUT2D eigenvalue weighted by atomic mass is 16.5. The van der Waals surface area contributed by atoms with E-state index < -0.39 is 41.6 Å². The summed E-state index contributed by atoms with van der Waals surface area (Å²) in [5.74, 6) is -3.95. The number of barbiturate groups is 1. The summed E-state index contributed by atoms with van der Waals surface area (Å²) in [5.41, 5.74) is 0.610. The highest BCUT2D eigenvalue weighted by molar-refractivity contribution is 6.16. The third-order valence-corrected chi connectivity index (χ3v) is 4.82. The highest BCUT2D eigenvalue weighted by Gasteiger charge is 2.49. The Labute approximate surface area is 158 Å². The first-order valence-corrected chi connectivity index (χ1v) is 8.64. The largest absolute Gasteiger partial charge is 0.497 e. The molecule has 0 spiro atoms. The molecule has 1 aromatic rings. The number of hydrogen-bond donors (Lipinski definition) is 0. The normalized spacial score (nSPS) is 17.7. The van der Waals surface area contributed by atoms with Gasteiger partial charge in [0.05, 0.1) is 19.6 Å². The van der Waals surface area contributed by atoms with Crippen LogP contribution in [0, 0.1) is 11.8 Å². The second-order valence-corrected chi connectivity index (χ2v) is 6.39. The first-order chi connectivity index (χ1) is 12.7. The molecule has 146 valence electrons. The standard InChI is InChI=1S/C19H24N2O6/c1-6-27-18(24)11(2)14(12-7-9-13(26-5)10-8-12)15-16(22)20(3)19(25)21(4)17(15)23/h7-11,14-15H,6H2,1-5H3/t11-,14+/m1/s1. The van der Waals surface area contributed by atoms with Crippen molar-refractivity contribution in [2.75, 3.05) is 27.8 Å². The monoisotopic (exact) mass is 376 g/mol. The smallest absolute Gasteiger partial charge is 0.332 e. The molecule has 1 heterocycles. The molecule has 0 aromatic heterocycles. The van der Waals surface area contributed by atoms with Gasteiger partial charge in [-0.25, -0.2) is 4.79 Å². The maximum Gasteiger partial charge on any atom is 0.332 e. The third kappa shape index (κ3) is 3.79. The van der Waals surface area contributed by atoms with Crippen LogP contribution in [0.15, 0.2) is 24.3 Å². The van der Waals surface area contributed by atoms with Crippen LogP contribution in [-0.4, -0.2) is 61.4 Å². The Kier molecular flexibility index (Phi) is 6.20. The fourth-order valence-corrected chi connectivity index (χ4v) is 3.26. The van der Waals surface area contributed by atoms with E-state index in [-0.39, 0.29) is 6.61 Å². The van der Waals surface area contributed by atoms with Crippen LogP contribution >= 0.6 is 0 Å². The van der Waals surface area contributed by atoms with Crippen LogP contribution in [0.3, 0.4) is 0 Å². The number of ether oxygens (including phenoxy) is 2. The lowest BCUT2D eigenvalue weighted by Crippen LogP contribution is -2.59. The van der Waals surface area contributed by atoms with Crippen molar-refractivity contribution in [3.8, 4) is 5.75 Å². The molecule has 2 atom stereocenters. The number of nitrogens with zero attached hydrogens (tertiary/aromatic N) is 2. The van der Waals surface area contributed by atoms with Crippen molar-refractivity contribution in [2.24, 2.45) is 11.8 Å². The number of carbonyl (C=O) groups excluding carboxylic acids is 4. The molecule has 8 nitrogen and oxygen atoms in total. The highest BCUT2D eigenvalue weighted by Crippen LogP contribution is 2.37. The van der Waals surface area contributed by atoms with E-state index >= 15 is 0 Å². The second-order valence-electron chi connectivity index (χ2n) is 6.39. The van der Waals surface area contributed by atoms with E-state index in [9.17, 15) is 19.2 Å². The molecule has 2 rings (SSSR count). The molecule has 1 fully saturated rings. The van der Waals surface area contributed by atoms with Gasteiger partial charge in [-0.15, -0.1) is 0 Å². The Morgan fingerprint density at radius 2 is 1.59 bits per heavy atom. The van der Waals surface area contributed by atoms with Crippen molar-refractivity contribution in [2.45, 2.75) is 19.8 Å². The average molecular weight is 376 g/mol. The molecule has 0 aliphatic carbocycles. The van der Waals surface area contributed by atoms with Crippen molar-refractivity contribution in [1.29, 1.82) is 0 Å². The van der Waals surface area contributed by atoms with Gasteiger partial charge in [0.25, 0.3) is 0 Å². The molecule has 0 bridgehead atoms. The minimum atomic E-state index is -1.20. The van der Waals surface area contributed by atoms with Gasteiger partial charge in [0.1, 0.15) is 11.7 Å². The molecular formula is C19H24N2O6. The number of esters is 1. The molecule has 4 amide bonds. The number of imide groups is 2. The lowest BCUT2D eigenvalue weighted by molar-refractivity contribution is -0.153. The summed E-state index contributed by atoms with van der Waals surface area (Å²) in [6.07, 6.45) is 0. The van der Waals surface area contributed by atoms with Crippen molar-refractivity contribution in [3.63, 3.8) is 0 Å². The van der Waals surface area contributed by atoms with Gasteiger partial charge in [0.2, 0.25) is 11.8 Å². The second kappa shape index (κ2) is 8.20. The molecule has 1 saturated heterocycles. The summed E-state index contributed by atoms with van der Waals surface area (Å²) in [6, 6.07) is 6.10. The fraction of sp³-hybridized carbons (Fsp3) is 0.474. The number of carbonyl (C=O) groups is 4. The number of urea groups is 1. The maximum absolute atomic E-state index is 12.8. The van der Waals surface area contributed by atoms with Crippen LogP contribution < -0.4 is 4.74 Å². The molecule has 1 aliphatic heterocycles. The van der Waals surface area contributed by atoms with E-state index in [1.54, 1.807) is 38.1 Å². The summed E-state index contributed by atoms with van der Waals surface area (Å²) >= 11 is 0. The zero-order valence-corrected chi connectivity index (χ0v) is 16.1. The van der Waals surface area contributed by atoms with Gasteiger partial charge in [-0.1, -0.05) is 19.1 Å². The number of amides is 4. The predicted molar refractivity (Wildman–Crippen MR) is 96.0 cm³/mol. The molecule has 0 radical (unpaired) electrons. The predicted octanol–water partition coefficient (Wildman–Crippen LogP) is 1.64. The summed E-state index contributed by atoms with van der Waals surface area (Å²) < 4.78 is 10.3. The molecule has 0 unspecified atom stereocenters. The van der Waals surface area contributed by atoms with Gasteiger partial charge in [-0.05, 0) is 24.6 Å². The number of benzene rings is 1. The van der Waals surface area contributed by atoms with Crippen LogP contribution in [0.5, 0.6) is 5.75 Å². The number of hydrogen-bond acceptors (Lipinski definition) is 6. The zero-order valence-electron chi connectivity index (χ0n) is 16.1. The zero-order chi connectivity index (χ0) is 20.3. The molecule has 0 saturated carbocycles. The molecule has 1 aliphatic rings. The molecule has 0 N–H and O–H groups in total. The Hall–Kier alpha value is -2.90. The van der Waals surface area contributed by atoms with Crippen LogP contribution in [0.1, 0.15) is 25.3 Å². The summed E-state index contributed by atoms with van der Waals surface area (Å²) in [5, 5.41) is 0. The van der Waals surface area contributed by atoms with Crippen LogP contribution in [0.2, 0.25) is 0 Å². The molecular weight excluding hydrogens is 352 g/mol. The topological polar surface area (TPSA) is 93.2 Å². The number of rotatable bonds is 6. The average Bonchev–Trinajstić information content (AvgIpc) is 2.68. The first kappa shape index (κ1) is 20.4. The van der Waals surface area contributed by atoms with E-state index in [1.165, 1.54) is 21.2 Å². The summed E-state index contributed by atoms with van der Waals surface area (Å²) in [4.78, 5) is 51.8. The van der Waals surface area contributed by atoms with Gasteiger partial charge < -0.3 is 9.47 Å². The van der Waals surface area contributed by atoms with Crippen molar-refractivity contribution >= 4 is 23.8 Å². The minimum Gasteiger partial charge on any atom is -0.497 e. The molecule has 1 aromatic carbocycles. The van der Waals surface area contributed by atoms with E-state index in [4.69, 9.17) is 9.47 Å². The van der Waals surface area contributed by atoms with Gasteiger partial charge in [-0.3, -0.25) is 24.2 Å². The van der Waals surface area contributed by atoms with Crippen molar-refractivity contribution in [3.05, 3.63) is 29.8 Å². The van der Waals surface area contributed by atoms with Gasteiger partial charge in [-0.2, -0.15) is 0 Å². The van der Waals surface area contributed by atoms with Gasteiger partial charge >= 0.3 is 12.0 Å². The summed E-state index contributed by atoms with van der Waals surface area (Å²) in [6.45, 7) is 3.48. The fourth-order valence-electron chi connectivity index (χ4n) is 3.26. The maximum atomic E-state index is 12.8. The Bertz CT molecular complexity index is 721. The van der Waals surface area contributed by atoms with Crippen LogP contribution in [0.4, 0.5) is 4.79 Å². The van der Waals surface area contributed by atoms with Crippen molar-refractivity contribution < 1.29 is 28.7 Å². The van der Waals surface area contributed by atoms with E-state index in [0.29, 0.717) is 11.3 Å². The van der Waals surface area contributed by atoms with E-state index in [0.717, 1.165) is 9.80 Å². The first-order valence-electron chi connectivity index (χ1n) is 8.64. The van der Waals surface area contributed by atoms with E-state index in [1.807, 2.05) is 0 Å². The molecule has 27 heavy (non-hydrogen) atoms. The Balaban J connectivity index is 2.53. The van der Waals surface area contributed by atoms with Gasteiger partial charge in [0, 0.05) is 20.0 Å². The van der Waals surface area contributed by atoms with Gasteiger partial charge in [0.15, 0.2) is 0 Å². The quantitative estimate of drug-likeness (QED) is 0.554. The minimum absolute atomic E-state index is 0.184.